The standard InChI is InChI=1S/C15H17N7O2/c1-22(10-4-2-8(3-5-10)14(23)24)7-9-6-18-13-11(19-9)12(16)20-15(17)21-13/h2-6,12H,7,16H2,1H3,(H,23,24)(H3,17,18,20,21). The molecule has 2 aromatic rings. The van der Waals surface area contributed by atoms with Crippen LogP contribution in [0.3, 0.4) is 0 Å². The largest absolute Gasteiger partial charge is 0.478 e. The Labute approximate surface area is 138 Å². The Balaban J connectivity index is 1.78. The maximum absolute atomic E-state index is 10.9. The van der Waals surface area contributed by atoms with Crippen molar-refractivity contribution in [2.24, 2.45) is 16.5 Å². The summed E-state index contributed by atoms with van der Waals surface area (Å²) in [5, 5.41) is 11.7. The van der Waals surface area contributed by atoms with Crippen LogP contribution >= 0.6 is 0 Å². The molecule has 1 aromatic carbocycles. The van der Waals surface area contributed by atoms with Crippen molar-refractivity contribution in [1.82, 2.24) is 15.3 Å². The third-order valence-electron chi connectivity index (χ3n) is 3.61. The summed E-state index contributed by atoms with van der Waals surface area (Å²) >= 11 is 0. The molecule has 24 heavy (non-hydrogen) atoms. The Hall–Kier alpha value is -3.20. The zero-order chi connectivity index (χ0) is 17.3. The van der Waals surface area contributed by atoms with Crippen LogP contribution in [0.1, 0.15) is 27.9 Å². The Morgan fingerprint density at radius 2 is 2.08 bits per heavy atom. The van der Waals surface area contributed by atoms with Crippen molar-refractivity contribution in [2.45, 2.75) is 12.7 Å². The molecule has 0 amide bonds. The van der Waals surface area contributed by atoms with E-state index in [9.17, 15) is 4.79 Å². The van der Waals surface area contributed by atoms with E-state index in [1.54, 1.807) is 30.5 Å². The first-order valence-electron chi connectivity index (χ1n) is 7.20. The maximum atomic E-state index is 10.9. The van der Waals surface area contributed by atoms with E-state index in [-0.39, 0.29) is 11.5 Å². The molecule has 6 N–H and O–H groups in total. The van der Waals surface area contributed by atoms with Gasteiger partial charge in [0.25, 0.3) is 0 Å². The van der Waals surface area contributed by atoms with E-state index in [0.717, 1.165) is 5.69 Å². The molecule has 0 bridgehead atoms. The molecule has 3 rings (SSSR count). The zero-order valence-corrected chi connectivity index (χ0v) is 13.0. The average Bonchev–Trinajstić information content (AvgIpc) is 2.55. The Morgan fingerprint density at radius 3 is 2.75 bits per heavy atom. The molecular formula is C15H17N7O2. The highest BCUT2D eigenvalue weighted by molar-refractivity contribution is 5.88. The number of guanidine groups is 1. The molecular weight excluding hydrogens is 310 g/mol. The molecule has 1 aliphatic rings. The van der Waals surface area contributed by atoms with Gasteiger partial charge in [0.1, 0.15) is 11.9 Å². The van der Waals surface area contributed by atoms with E-state index in [4.69, 9.17) is 16.6 Å². The van der Waals surface area contributed by atoms with Gasteiger partial charge in [-0.25, -0.2) is 14.8 Å². The topological polar surface area (TPSA) is 143 Å². The number of hydrogen-bond donors (Lipinski definition) is 4. The van der Waals surface area contributed by atoms with E-state index in [0.29, 0.717) is 23.8 Å². The molecule has 1 atom stereocenters. The number of carboxylic acids is 1. The monoisotopic (exact) mass is 327 g/mol. The fourth-order valence-corrected chi connectivity index (χ4v) is 2.37. The molecule has 1 aliphatic heterocycles. The van der Waals surface area contributed by atoms with E-state index in [1.165, 1.54) is 0 Å². The second kappa shape index (κ2) is 6.13. The molecule has 9 nitrogen and oxygen atoms in total. The van der Waals surface area contributed by atoms with Crippen molar-refractivity contribution in [3.8, 4) is 0 Å². The van der Waals surface area contributed by atoms with E-state index in [2.05, 4.69) is 20.3 Å². The van der Waals surface area contributed by atoms with Crippen molar-refractivity contribution in [3.05, 3.63) is 47.4 Å². The van der Waals surface area contributed by atoms with Gasteiger partial charge in [0.15, 0.2) is 11.8 Å². The van der Waals surface area contributed by atoms with Crippen LogP contribution in [0.2, 0.25) is 0 Å². The van der Waals surface area contributed by atoms with Gasteiger partial charge < -0.3 is 26.8 Å². The van der Waals surface area contributed by atoms with Crippen molar-refractivity contribution in [3.63, 3.8) is 0 Å². The second-order valence-electron chi connectivity index (χ2n) is 5.40. The van der Waals surface area contributed by atoms with Gasteiger partial charge in [-0.1, -0.05) is 0 Å². The van der Waals surface area contributed by atoms with Gasteiger partial charge in [-0.15, -0.1) is 0 Å². The molecule has 0 saturated carbocycles. The molecule has 124 valence electrons. The number of carbonyl (C=O) groups is 1. The number of nitrogens with two attached hydrogens (primary N) is 2. The molecule has 9 heteroatoms. The molecule has 2 heterocycles. The number of anilines is 1. The first-order chi connectivity index (χ1) is 11.4. The fourth-order valence-electron chi connectivity index (χ4n) is 2.37. The van der Waals surface area contributed by atoms with E-state index < -0.39 is 12.1 Å². The van der Waals surface area contributed by atoms with Crippen LogP contribution in [-0.2, 0) is 6.54 Å². The molecule has 0 saturated heterocycles. The highest BCUT2D eigenvalue weighted by atomic mass is 16.4. The van der Waals surface area contributed by atoms with Crippen molar-refractivity contribution in [2.75, 3.05) is 11.9 Å². The number of aromatic carboxylic acids is 1. The predicted octanol–water partition coefficient (Wildman–Crippen LogP) is 0.318. The maximum Gasteiger partial charge on any atom is 0.335 e. The van der Waals surface area contributed by atoms with Gasteiger partial charge >= 0.3 is 5.97 Å². The second-order valence-corrected chi connectivity index (χ2v) is 5.40. The summed E-state index contributed by atoms with van der Waals surface area (Å²) in [7, 11) is 1.88. The molecule has 0 aliphatic carbocycles. The van der Waals surface area contributed by atoms with Gasteiger partial charge in [0, 0.05) is 12.7 Å². The summed E-state index contributed by atoms with van der Waals surface area (Å²) in [6.07, 6.45) is 1.07. The summed E-state index contributed by atoms with van der Waals surface area (Å²) in [6.45, 7) is 0.485. The first kappa shape index (κ1) is 15.7. The summed E-state index contributed by atoms with van der Waals surface area (Å²) in [5.41, 5.74) is 13.9. The lowest BCUT2D eigenvalue weighted by molar-refractivity contribution is 0.0697. The molecule has 1 unspecified atom stereocenters. The Kier molecular flexibility index (Phi) is 4.00. The van der Waals surface area contributed by atoms with Crippen molar-refractivity contribution in [1.29, 1.82) is 0 Å². The van der Waals surface area contributed by atoms with Crippen LogP contribution in [0.4, 0.5) is 11.5 Å². The number of carboxylic acid groups (broad SMARTS) is 1. The molecule has 0 fully saturated rings. The van der Waals surface area contributed by atoms with Gasteiger partial charge in [-0.2, -0.15) is 4.99 Å². The SMILES string of the molecule is CN(Cc1cnc2c(n1)C(N)NC(N)=N2)c1ccc(C(=O)O)cc1. The van der Waals surface area contributed by atoms with Crippen LogP contribution in [0.15, 0.2) is 35.5 Å². The third kappa shape index (κ3) is 3.10. The van der Waals surface area contributed by atoms with Gasteiger partial charge in [-0.3, -0.25) is 0 Å². The highest BCUT2D eigenvalue weighted by Crippen LogP contribution is 2.23. The van der Waals surface area contributed by atoms with Gasteiger partial charge in [0.2, 0.25) is 0 Å². The number of aromatic nitrogens is 2. The Morgan fingerprint density at radius 1 is 1.38 bits per heavy atom. The number of rotatable bonds is 4. The lowest BCUT2D eigenvalue weighted by Crippen LogP contribution is -2.42. The predicted molar refractivity (Wildman–Crippen MR) is 88.9 cm³/mol. The molecule has 0 radical (unpaired) electrons. The normalized spacial score (nSPS) is 15.9. The van der Waals surface area contributed by atoms with Crippen LogP contribution in [0.5, 0.6) is 0 Å². The minimum atomic E-state index is -0.953. The summed E-state index contributed by atoms with van der Waals surface area (Å²) < 4.78 is 0. The summed E-state index contributed by atoms with van der Waals surface area (Å²) in [5.74, 6) is -0.324. The third-order valence-corrected chi connectivity index (χ3v) is 3.61. The quantitative estimate of drug-likeness (QED) is 0.628. The van der Waals surface area contributed by atoms with Crippen LogP contribution in [-0.4, -0.2) is 34.1 Å². The molecule has 1 aromatic heterocycles. The number of benzene rings is 1. The zero-order valence-electron chi connectivity index (χ0n) is 13.0. The smallest absolute Gasteiger partial charge is 0.335 e. The summed E-state index contributed by atoms with van der Waals surface area (Å²) in [6, 6.07) is 6.61. The van der Waals surface area contributed by atoms with Crippen LogP contribution in [0, 0.1) is 0 Å². The van der Waals surface area contributed by atoms with Gasteiger partial charge in [-0.05, 0) is 24.3 Å². The first-order valence-corrected chi connectivity index (χ1v) is 7.20. The summed E-state index contributed by atoms with van der Waals surface area (Å²) in [4.78, 5) is 25.6. The fraction of sp³-hybridized carbons (Fsp3) is 0.200. The van der Waals surface area contributed by atoms with Crippen LogP contribution in [0.25, 0.3) is 0 Å². The lowest BCUT2D eigenvalue weighted by Gasteiger charge is -2.22. The number of nitrogens with one attached hydrogen (secondary N) is 1. The number of fused-ring (bicyclic) bond motifs is 1. The van der Waals surface area contributed by atoms with Gasteiger partial charge in [0.05, 0.1) is 24.0 Å². The van der Waals surface area contributed by atoms with E-state index >= 15 is 0 Å². The number of aliphatic imine (C=N–C) groups is 1. The molecule has 0 spiro atoms. The van der Waals surface area contributed by atoms with Crippen molar-refractivity contribution < 1.29 is 9.90 Å². The minimum absolute atomic E-state index is 0.215. The number of hydrogen-bond acceptors (Lipinski definition) is 8. The highest BCUT2D eigenvalue weighted by Gasteiger charge is 2.20. The minimum Gasteiger partial charge on any atom is -0.478 e. The average molecular weight is 327 g/mol. The van der Waals surface area contributed by atoms with Crippen LogP contribution < -0.4 is 21.7 Å². The van der Waals surface area contributed by atoms with E-state index in [1.807, 2.05) is 11.9 Å². The van der Waals surface area contributed by atoms with Crippen molar-refractivity contribution >= 4 is 23.4 Å². The Bertz CT molecular complexity index is 804. The lowest BCUT2D eigenvalue weighted by atomic mass is 10.2. The number of nitrogens with zero attached hydrogens (tertiary/aromatic N) is 4.